The Hall–Kier alpha value is -2.39. The molecule has 2 heterocycles. The summed E-state index contributed by atoms with van der Waals surface area (Å²) in [6.07, 6.45) is 8.29. The van der Waals surface area contributed by atoms with E-state index in [4.69, 9.17) is 18.6 Å². The first-order chi connectivity index (χ1) is 14.4. The predicted molar refractivity (Wildman–Crippen MR) is 115 cm³/mol. The minimum Gasteiger partial charge on any atom is -0.493 e. The minimum absolute atomic E-state index is 0.0526. The summed E-state index contributed by atoms with van der Waals surface area (Å²) < 4.78 is 40.1. The van der Waals surface area contributed by atoms with E-state index in [9.17, 15) is 8.42 Å². The standard InChI is InChI=1S/C21H27N3O5S/c1-4-28-20-12-15-16-11-14(29-30(3,25)26)5-6-18(16)23-21(17(15)13-19(20)27-2)24-9-7-22-8-10-24/h7-9,12-14,16,18H,4-6,10-11H2,1-3H3/t14-,16-,18-/m1/s1. The van der Waals surface area contributed by atoms with Crippen molar-refractivity contribution in [3.63, 3.8) is 0 Å². The second-order valence-corrected chi connectivity index (χ2v) is 9.27. The lowest BCUT2D eigenvalue weighted by atomic mass is 9.75. The fourth-order valence-electron chi connectivity index (χ4n) is 4.43. The largest absolute Gasteiger partial charge is 0.493 e. The van der Waals surface area contributed by atoms with Crippen LogP contribution < -0.4 is 9.47 Å². The van der Waals surface area contributed by atoms with Crippen molar-refractivity contribution < 1.29 is 22.1 Å². The number of aliphatic imine (C=N–C) groups is 2. The number of benzene rings is 1. The Labute approximate surface area is 177 Å². The van der Waals surface area contributed by atoms with Crippen molar-refractivity contribution in [2.24, 2.45) is 9.98 Å². The van der Waals surface area contributed by atoms with Gasteiger partial charge in [-0.25, -0.2) is 0 Å². The number of ether oxygens (including phenoxy) is 2. The zero-order valence-corrected chi connectivity index (χ0v) is 18.3. The Balaban J connectivity index is 1.77. The van der Waals surface area contributed by atoms with Gasteiger partial charge in [0.15, 0.2) is 11.5 Å². The Morgan fingerprint density at radius 1 is 1.23 bits per heavy atom. The van der Waals surface area contributed by atoms with E-state index in [0.717, 1.165) is 29.6 Å². The molecule has 1 fully saturated rings. The van der Waals surface area contributed by atoms with Crippen LogP contribution in [0.25, 0.3) is 0 Å². The van der Waals surface area contributed by atoms with E-state index in [-0.39, 0.29) is 18.1 Å². The van der Waals surface area contributed by atoms with Crippen molar-refractivity contribution in [2.75, 3.05) is 26.5 Å². The summed E-state index contributed by atoms with van der Waals surface area (Å²) in [7, 11) is -1.88. The number of nitrogens with zero attached hydrogens (tertiary/aromatic N) is 3. The molecule has 1 saturated carbocycles. The molecule has 1 aromatic carbocycles. The summed E-state index contributed by atoms with van der Waals surface area (Å²) in [6.45, 7) is 3.10. The maximum atomic E-state index is 11.7. The fourth-order valence-corrected chi connectivity index (χ4v) is 5.10. The van der Waals surface area contributed by atoms with Crippen LogP contribution in [0.3, 0.4) is 0 Å². The summed E-state index contributed by atoms with van der Waals surface area (Å²) in [5, 5.41) is 0. The van der Waals surface area contributed by atoms with Gasteiger partial charge in [-0.05, 0) is 43.9 Å². The molecule has 0 spiro atoms. The average molecular weight is 434 g/mol. The lowest BCUT2D eigenvalue weighted by molar-refractivity contribution is 0.141. The predicted octanol–water partition coefficient (Wildman–Crippen LogP) is 2.69. The minimum atomic E-state index is -3.51. The maximum absolute atomic E-state index is 11.7. The average Bonchev–Trinajstić information content (AvgIpc) is 2.72. The van der Waals surface area contributed by atoms with Gasteiger partial charge in [0, 0.05) is 30.1 Å². The highest BCUT2D eigenvalue weighted by Crippen LogP contribution is 2.45. The third-order valence-electron chi connectivity index (χ3n) is 5.63. The molecule has 1 aliphatic carbocycles. The molecule has 0 bridgehead atoms. The highest BCUT2D eigenvalue weighted by atomic mass is 32.2. The van der Waals surface area contributed by atoms with Crippen LogP contribution in [-0.4, -0.2) is 64.0 Å². The highest BCUT2D eigenvalue weighted by molar-refractivity contribution is 7.86. The van der Waals surface area contributed by atoms with Crippen LogP contribution in [-0.2, 0) is 14.3 Å². The van der Waals surface area contributed by atoms with Crippen LogP contribution in [0.5, 0.6) is 11.5 Å². The van der Waals surface area contributed by atoms with Gasteiger partial charge in [-0.3, -0.25) is 14.2 Å². The van der Waals surface area contributed by atoms with Crippen molar-refractivity contribution in [1.82, 2.24) is 4.90 Å². The molecule has 1 aromatic rings. The number of hydrogen-bond donors (Lipinski definition) is 0. The monoisotopic (exact) mass is 433 g/mol. The molecule has 0 aromatic heterocycles. The number of rotatable bonds is 5. The van der Waals surface area contributed by atoms with Gasteiger partial charge in [-0.1, -0.05) is 0 Å². The molecule has 9 heteroatoms. The molecule has 3 atom stereocenters. The van der Waals surface area contributed by atoms with E-state index in [0.29, 0.717) is 37.5 Å². The van der Waals surface area contributed by atoms with Crippen molar-refractivity contribution in [3.8, 4) is 11.5 Å². The van der Waals surface area contributed by atoms with E-state index in [1.54, 1.807) is 13.3 Å². The van der Waals surface area contributed by atoms with Crippen LogP contribution >= 0.6 is 0 Å². The highest BCUT2D eigenvalue weighted by Gasteiger charge is 2.39. The van der Waals surface area contributed by atoms with E-state index < -0.39 is 10.1 Å². The van der Waals surface area contributed by atoms with Crippen LogP contribution in [0.15, 0.2) is 34.5 Å². The van der Waals surface area contributed by atoms with Gasteiger partial charge in [-0.15, -0.1) is 0 Å². The Morgan fingerprint density at radius 3 is 2.73 bits per heavy atom. The van der Waals surface area contributed by atoms with Crippen LogP contribution in [0, 0.1) is 0 Å². The van der Waals surface area contributed by atoms with E-state index >= 15 is 0 Å². The van der Waals surface area contributed by atoms with Crippen LogP contribution in [0.1, 0.15) is 43.2 Å². The lowest BCUT2D eigenvalue weighted by Crippen LogP contribution is -2.40. The molecular weight excluding hydrogens is 406 g/mol. The van der Waals surface area contributed by atoms with Crippen molar-refractivity contribution in [3.05, 3.63) is 35.7 Å². The van der Waals surface area contributed by atoms with Crippen molar-refractivity contribution in [2.45, 2.75) is 44.2 Å². The molecule has 0 radical (unpaired) electrons. The van der Waals surface area contributed by atoms with Gasteiger partial charge in [0.2, 0.25) is 0 Å². The van der Waals surface area contributed by atoms with E-state index in [1.165, 1.54) is 0 Å². The molecule has 162 valence electrons. The smallest absolute Gasteiger partial charge is 0.264 e. The summed E-state index contributed by atoms with van der Waals surface area (Å²) in [4.78, 5) is 11.3. The summed E-state index contributed by atoms with van der Waals surface area (Å²) in [5.74, 6) is 2.26. The molecular formula is C21H27N3O5S. The number of amidine groups is 1. The Kier molecular flexibility index (Phi) is 5.84. The van der Waals surface area contributed by atoms with Gasteiger partial charge < -0.3 is 14.4 Å². The topological polar surface area (TPSA) is 89.8 Å². The first-order valence-electron chi connectivity index (χ1n) is 10.2. The summed E-state index contributed by atoms with van der Waals surface area (Å²) >= 11 is 0. The first-order valence-corrected chi connectivity index (χ1v) is 12.0. The number of methoxy groups -OCH3 is 1. The zero-order valence-electron chi connectivity index (χ0n) is 17.4. The van der Waals surface area contributed by atoms with Gasteiger partial charge in [0.25, 0.3) is 10.1 Å². The quantitative estimate of drug-likeness (QED) is 0.664. The molecule has 0 unspecified atom stereocenters. The Morgan fingerprint density at radius 2 is 2.07 bits per heavy atom. The lowest BCUT2D eigenvalue weighted by Gasteiger charge is -2.40. The van der Waals surface area contributed by atoms with Crippen molar-refractivity contribution >= 4 is 22.2 Å². The first kappa shape index (κ1) is 20.9. The molecule has 0 N–H and O–H groups in total. The molecule has 8 nitrogen and oxygen atoms in total. The molecule has 0 amide bonds. The second kappa shape index (κ2) is 8.39. The molecule has 0 saturated heterocycles. The third-order valence-corrected chi connectivity index (χ3v) is 6.25. The SMILES string of the molecule is CCOc1cc2c(cc1OC)C(N1C=CN=CC1)=N[C@@H]1CC[C@@H](OS(C)(=O)=O)C[C@H]21. The van der Waals surface area contributed by atoms with Crippen molar-refractivity contribution in [1.29, 1.82) is 0 Å². The maximum Gasteiger partial charge on any atom is 0.264 e. The van der Waals surface area contributed by atoms with Gasteiger partial charge >= 0.3 is 0 Å². The normalized spacial score (nSPS) is 25.4. The van der Waals surface area contributed by atoms with E-state index in [1.807, 2.05) is 31.5 Å². The Bertz CT molecular complexity index is 1000. The van der Waals surface area contributed by atoms with Crippen LogP contribution in [0.2, 0.25) is 0 Å². The van der Waals surface area contributed by atoms with Crippen LogP contribution in [0.4, 0.5) is 0 Å². The molecule has 4 rings (SSSR count). The van der Waals surface area contributed by atoms with Gasteiger partial charge in [-0.2, -0.15) is 8.42 Å². The molecule has 3 aliphatic rings. The number of hydrogen-bond acceptors (Lipinski definition) is 8. The van der Waals surface area contributed by atoms with E-state index in [2.05, 4.69) is 9.89 Å². The zero-order chi connectivity index (χ0) is 21.3. The van der Waals surface area contributed by atoms with Gasteiger partial charge in [0.05, 0.1) is 38.7 Å². The number of fused-ring (bicyclic) bond motifs is 3. The third kappa shape index (κ3) is 4.22. The summed E-state index contributed by atoms with van der Waals surface area (Å²) in [5.41, 5.74) is 2.06. The summed E-state index contributed by atoms with van der Waals surface area (Å²) in [6, 6.07) is 4.05. The molecule has 2 aliphatic heterocycles. The van der Waals surface area contributed by atoms with Gasteiger partial charge in [0.1, 0.15) is 5.84 Å². The molecule has 30 heavy (non-hydrogen) atoms. The second-order valence-electron chi connectivity index (χ2n) is 7.67. The fraction of sp³-hybridized carbons (Fsp3) is 0.524.